The lowest BCUT2D eigenvalue weighted by atomic mass is 10.1. The Balaban J connectivity index is 2.58. The lowest BCUT2D eigenvalue weighted by Gasteiger charge is -2.18. The van der Waals surface area contributed by atoms with Gasteiger partial charge in [0.15, 0.2) is 0 Å². The van der Waals surface area contributed by atoms with Crippen molar-refractivity contribution in [3.8, 4) is 5.75 Å². The molecule has 0 heterocycles. The van der Waals surface area contributed by atoms with Crippen molar-refractivity contribution in [1.29, 1.82) is 0 Å². The van der Waals surface area contributed by atoms with E-state index in [4.69, 9.17) is 5.73 Å². The maximum absolute atomic E-state index is 12.2. The van der Waals surface area contributed by atoms with Gasteiger partial charge in [-0.15, -0.1) is 0 Å². The first-order chi connectivity index (χ1) is 7.88. The van der Waals surface area contributed by atoms with Crippen LogP contribution in [-0.2, 0) is 5.75 Å². The molecule has 96 valence electrons. The highest BCUT2D eigenvalue weighted by Crippen LogP contribution is 2.25. The lowest BCUT2D eigenvalue weighted by molar-refractivity contribution is -0.0503. The number of hydrogen-bond donors (Lipinski definition) is 1. The smallest absolute Gasteiger partial charge is 0.387 e. The summed E-state index contributed by atoms with van der Waals surface area (Å²) >= 11 is 1.60. The van der Waals surface area contributed by atoms with Crippen LogP contribution in [0.2, 0.25) is 0 Å². The Labute approximate surface area is 105 Å². The molecule has 0 unspecified atom stereocenters. The minimum absolute atomic E-state index is 0.241. The summed E-state index contributed by atoms with van der Waals surface area (Å²) in [6.07, 6.45) is 0. The first-order valence-electron chi connectivity index (χ1n) is 5.28. The molecular formula is C12H17F2NOS. The molecule has 0 aliphatic rings. The second-order valence-electron chi connectivity index (χ2n) is 4.47. The number of thioether (sulfide) groups is 1. The molecule has 0 aliphatic heterocycles. The molecule has 17 heavy (non-hydrogen) atoms. The van der Waals surface area contributed by atoms with Gasteiger partial charge in [-0.3, -0.25) is 0 Å². The Hall–Kier alpha value is -0.810. The van der Waals surface area contributed by atoms with Crippen molar-refractivity contribution in [2.75, 3.05) is 5.75 Å². The molecule has 0 atom stereocenters. The highest BCUT2D eigenvalue weighted by Gasteiger charge is 2.12. The van der Waals surface area contributed by atoms with Crippen LogP contribution in [-0.4, -0.2) is 17.9 Å². The summed E-state index contributed by atoms with van der Waals surface area (Å²) in [4.78, 5) is 0. The molecule has 0 saturated carbocycles. The van der Waals surface area contributed by atoms with Crippen molar-refractivity contribution in [2.45, 2.75) is 31.8 Å². The van der Waals surface area contributed by atoms with Crippen molar-refractivity contribution in [3.05, 3.63) is 29.8 Å². The number of benzene rings is 1. The molecule has 0 saturated heterocycles. The van der Waals surface area contributed by atoms with Crippen LogP contribution in [0.1, 0.15) is 19.4 Å². The second-order valence-corrected chi connectivity index (χ2v) is 5.45. The lowest BCUT2D eigenvalue weighted by Crippen LogP contribution is -2.34. The topological polar surface area (TPSA) is 35.2 Å². The van der Waals surface area contributed by atoms with Crippen LogP contribution in [0, 0.1) is 0 Å². The summed E-state index contributed by atoms with van der Waals surface area (Å²) < 4.78 is 28.8. The standard InChI is InChI=1S/C12H17F2NOS/c1-12(2,15)8-17-7-9-5-3-4-6-10(9)16-11(13)14/h3-6,11H,7-8,15H2,1-2H3. The third-order valence-electron chi connectivity index (χ3n) is 1.92. The van der Waals surface area contributed by atoms with Crippen LogP contribution < -0.4 is 10.5 Å². The van der Waals surface area contributed by atoms with Crippen molar-refractivity contribution in [2.24, 2.45) is 5.73 Å². The number of hydrogen-bond acceptors (Lipinski definition) is 3. The minimum Gasteiger partial charge on any atom is -0.435 e. The van der Waals surface area contributed by atoms with E-state index < -0.39 is 6.61 Å². The van der Waals surface area contributed by atoms with Crippen LogP contribution in [0.3, 0.4) is 0 Å². The van der Waals surface area contributed by atoms with E-state index in [0.717, 1.165) is 11.3 Å². The van der Waals surface area contributed by atoms with Crippen LogP contribution in [0.4, 0.5) is 8.78 Å². The highest BCUT2D eigenvalue weighted by atomic mass is 32.2. The molecule has 0 radical (unpaired) electrons. The van der Waals surface area contributed by atoms with Gasteiger partial charge in [0.2, 0.25) is 0 Å². The molecule has 0 amide bonds. The Kier molecular flexibility index (Phi) is 5.21. The van der Waals surface area contributed by atoms with Crippen molar-refractivity contribution >= 4 is 11.8 Å². The number of alkyl halides is 2. The SMILES string of the molecule is CC(C)(N)CSCc1ccccc1OC(F)F. The van der Waals surface area contributed by atoms with Gasteiger partial charge in [-0.2, -0.15) is 20.5 Å². The van der Waals surface area contributed by atoms with Crippen molar-refractivity contribution in [3.63, 3.8) is 0 Å². The molecule has 0 fully saturated rings. The quantitative estimate of drug-likeness (QED) is 0.853. The first kappa shape index (κ1) is 14.3. The maximum atomic E-state index is 12.2. The fourth-order valence-corrected chi connectivity index (χ4v) is 2.34. The second kappa shape index (κ2) is 6.21. The highest BCUT2D eigenvalue weighted by molar-refractivity contribution is 7.98. The summed E-state index contributed by atoms with van der Waals surface area (Å²) in [5.74, 6) is 1.62. The van der Waals surface area contributed by atoms with Gasteiger partial charge in [-0.25, -0.2) is 0 Å². The molecule has 2 nitrogen and oxygen atoms in total. The summed E-state index contributed by atoms with van der Waals surface area (Å²) in [7, 11) is 0. The number of para-hydroxylation sites is 1. The third-order valence-corrected chi connectivity index (χ3v) is 3.38. The van der Waals surface area contributed by atoms with Gasteiger partial charge >= 0.3 is 6.61 Å². The number of ether oxygens (including phenoxy) is 1. The summed E-state index contributed by atoms with van der Waals surface area (Å²) in [5.41, 5.74) is 6.35. The van der Waals surface area contributed by atoms with E-state index in [0.29, 0.717) is 5.75 Å². The average molecular weight is 261 g/mol. The van der Waals surface area contributed by atoms with Crippen molar-refractivity contribution < 1.29 is 13.5 Å². The largest absolute Gasteiger partial charge is 0.435 e. The summed E-state index contributed by atoms with van der Waals surface area (Å²) in [6, 6.07) is 6.82. The fraction of sp³-hybridized carbons (Fsp3) is 0.500. The van der Waals surface area contributed by atoms with Gasteiger partial charge in [0, 0.05) is 22.6 Å². The third kappa shape index (κ3) is 5.89. The van der Waals surface area contributed by atoms with Crippen molar-refractivity contribution in [1.82, 2.24) is 0 Å². The Bertz CT molecular complexity index is 353. The Morgan fingerprint density at radius 3 is 2.59 bits per heavy atom. The Morgan fingerprint density at radius 2 is 2.00 bits per heavy atom. The van der Waals surface area contributed by atoms with E-state index in [9.17, 15) is 8.78 Å². The van der Waals surface area contributed by atoms with Gasteiger partial charge < -0.3 is 10.5 Å². The van der Waals surface area contributed by atoms with Gasteiger partial charge in [-0.1, -0.05) is 18.2 Å². The van der Waals surface area contributed by atoms with E-state index in [-0.39, 0.29) is 11.3 Å². The van der Waals surface area contributed by atoms with E-state index in [1.807, 2.05) is 19.9 Å². The average Bonchev–Trinajstić information content (AvgIpc) is 2.18. The van der Waals surface area contributed by atoms with Crippen LogP contribution in [0.25, 0.3) is 0 Å². The minimum atomic E-state index is -2.79. The normalized spacial score (nSPS) is 11.9. The number of halogens is 2. The monoisotopic (exact) mass is 261 g/mol. The van der Waals surface area contributed by atoms with Crippen LogP contribution in [0.5, 0.6) is 5.75 Å². The van der Waals surface area contributed by atoms with E-state index >= 15 is 0 Å². The summed E-state index contributed by atoms with van der Waals surface area (Å²) in [6.45, 7) is 1.08. The molecule has 2 N–H and O–H groups in total. The predicted octanol–water partition coefficient (Wildman–Crippen LogP) is 3.26. The molecule has 1 aromatic rings. The maximum Gasteiger partial charge on any atom is 0.387 e. The zero-order valence-corrected chi connectivity index (χ0v) is 10.8. The molecule has 5 heteroatoms. The molecule has 0 aromatic heterocycles. The molecule has 1 aromatic carbocycles. The Morgan fingerprint density at radius 1 is 1.35 bits per heavy atom. The van der Waals surface area contributed by atoms with E-state index in [1.54, 1.807) is 30.0 Å². The van der Waals surface area contributed by atoms with E-state index in [2.05, 4.69) is 4.74 Å². The van der Waals surface area contributed by atoms with Gasteiger partial charge in [0.1, 0.15) is 5.75 Å². The van der Waals surface area contributed by atoms with Crippen LogP contribution in [0.15, 0.2) is 24.3 Å². The van der Waals surface area contributed by atoms with Gasteiger partial charge in [0.05, 0.1) is 0 Å². The number of nitrogens with two attached hydrogens (primary N) is 1. The van der Waals surface area contributed by atoms with Gasteiger partial charge in [-0.05, 0) is 19.9 Å². The molecule has 0 aliphatic carbocycles. The fourth-order valence-electron chi connectivity index (χ4n) is 1.26. The summed E-state index contributed by atoms with van der Waals surface area (Å²) in [5, 5.41) is 0. The van der Waals surface area contributed by atoms with Crippen LogP contribution >= 0.6 is 11.8 Å². The molecule has 0 bridgehead atoms. The zero-order chi connectivity index (χ0) is 12.9. The number of rotatable bonds is 6. The van der Waals surface area contributed by atoms with Gasteiger partial charge in [0.25, 0.3) is 0 Å². The molecule has 0 spiro atoms. The molecule has 1 rings (SSSR count). The molecular weight excluding hydrogens is 244 g/mol. The zero-order valence-electron chi connectivity index (χ0n) is 9.95. The van der Waals surface area contributed by atoms with E-state index in [1.165, 1.54) is 0 Å². The first-order valence-corrected chi connectivity index (χ1v) is 6.43. The predicted molar refractivity (Wildman–Crippen MR) is 67.5 cm³/mol.